The first-order valence-electron chi connectivity index (χ1n) is 15.2. The maximum Gasteiger partial charge on any atom is 0.407 e. The van der Waals surface area contributed by atoms with Gasteiger partial charge in [0.05, 0.1) is 41.8 Å². The number of fused-ring (bicyclic) bond motifs is 4. The number of hydrogen-bond acceptors (Lipinski definition) is 9. The summed E-state index contributed by atoms with van der Waals surface area (Å²) in [6.07, 6.45) is 1.64. The summed E-state index contributed by atoms with van der Waals surface area (Å²) in [5, 5.41) is 23.5. The summed E-state index contributed by atoms with van der Waals surface area (Å²) in [5.41, 5.74) is 3.08. The number of benzene rings is 3. The molecule has 1 amide bonds. The molecule has 11 nitrogen and oxygen atoms in total. The first-order chi connectivity index (χ1) is 22.4. The molecular weight excluding hydrogens is 608 g/mol. The van der Waals surface area contributed by atoms with E-state index in [9.17, 15) is 15.2 Å². The molecule has 3 atom stereocenters. The van der Waals surface area contributed by atoms with Crippen LogP contribution in [0.4, 0.5) is 10.6 Å². The normalized spacial score (nSPS) is 20.5. The van der Waals surface area contributed by atoms with Crippen LogP contribution in [0.15, 0.2) is 59.2 Å². The molecule has 0 spiro atoms. The maximum absolute atomic E-state index is 12.0. The Balaban J connectivity index is 1.38. The van der Waals surface area contributed by atoms with Gasteiger partial charge in [-0.2, -0.15) is 15.2 Å². The van der Waals surface area contributed by atoms with E-state index in [1.807, 2.05) is 60.5 Å². The molecule has 12 heteroatoms. The van der Waals surface area contributed by atoms with Crippen LogP contribution in [-0.2, 0) is 4.74 Å². The van der Waals surface area contributed by atoms with Crippen molar-refractivity contribution in [2.75, 3.05) is 51.8 Å². The molecule has 2 aliphatic heterocycles. The molecule has 2 saturated heterocycles. The molecule has 2 aliphatic rings. The summed E-state index contributed by atoms with van der Waals surface area (Å²) in [5.74, 6) is 0.574. The molecule has 236 valence electrons. The van der Waals surface area contributed by atoms with Crippen LogP contribution in [0.25, 0.3) is 43.8 Å². The fraction of sp³-hybridized carbons (Fsp3) is 0.353. The van der Waals surface area contributed by atoms with Gasteiger partial charge in [0, 0.05) is 55.1 Å². The van der Waals surface area contributed by atoms with Crippen LogP contribution in [-0.4, -0.2) is 96.1 Å². The van der Waals surface area contributed by atoms with E-state index < -0.39 is 12.1 Å². The van der Waals surface area contributed by atoms with Crippen molar-refractivity contribution in [1.29, 1.82) is 5.26 Å². The predicted octanol–water partition coefficient (Wildman–Crippen LogP) is 6.03. The van der Waals surface area contributed by atoms with Gasteiger partial charge in [-0.25, -0.2) is 4.79 Å². The van der Waals surface area contributed by atoms with E-state index >= 15 is 0 Å². The number of methoxy groups -OCH3 is 1. The Bertz CT molecular complexity index is 1990. The van der Waals surface area contributed by atoms with Crippen LogP contribution in [0.2, 0.25) is 5.02 Å². The van der Waals surface area contributed by atoms with Gasteiger partial charge in [-0.15, -0.1) is 0 Å². The van der Waals surface area contributed by atoms with Crippen molar-refractivity contribution in [2.45, 2.75) is 31.0 Å². The number of furan rings is 1. The van der Waals surface area contributed by atoms with Crippen LogP contribution in [0.3, 0.4) is 0 Å². The molecule has 0 aliphatic carbocycles. The minimum atomic E-state index is -1.04. The average Bonchev–Trinajstić information content (AvgIpc) is 3.69. The molecule has 2 fully saturated rings. The van der Waals surface area contributed by atoms with Crippen LogP contribution in [0.5, 0.6) is 6.01 Å². The lowest BCUT2D eigenvalue weighted by Crippen LogP contribution is -2.55. The zero-order valence-corrected chi connectivity index (χ0v) is 26.3. The van der Waals surface area contributed by atoms with Gasteiger partial charge < -0.3 is 28.8 Å². The lowest BCUT2D eigenvalue weighted by atomic mass is 9.94. The van der Waals surface area contributed by atoms with E-state index in [2.05, 4.69) is 11.0 Å². The Morgan fingerprint density at radius 3 is 2.70 bits per heavy atom. The minimum Gasteiger partial charge on any atom is -0.465 e. The molecule has 1 unspecified atom stereocenters. The third kappa shape index (κ3) is 5.32. The Hall–Kier alpha value is -4.63. The molecular formula is C34H33ClN6O5. The number of likely N-dealkylation sites (tertiary alicyclic amines) is 1. The second kappa shape index (κ2) is 12.3. The zero-order chi connectivity index (χ0) is 31.9. The number of carbonyl (C=O) groups is 1. The first kappa shape index (κ1) is 30.0. The van der Waals surface area contributed by atoms with E-state index in [1.165, 1.54) is 4.90 Å². The SMILES string of the molecule is CO[C@@H]1C[C@@H](COc2nc(N3CCN(C(=O)O)C(CC#N)C3)c3c(cc(-c4cccc5cccc(Cl)c45)c4ccoc43)n2)N(C)C1. The summed E-state index contributed by atoms with van der Waals surface area (Å²) in [6.45, 7) is 2.08. The van der Waals surface area contributed by atoms with Crippen molar-refractivity contribution in [3.63, 3.8) is 0 Å². The third-order valence-electron chi connectivity index (χ3n) is 9.25. The highest BCUT2D eigenvalue weighted by Gasteiger charge is 2.34. The van der Waals surface area contributed by atoms with Crippen LogP contribution in [0.1, 0.15) is 12.8 Å². The smallest absolute Gasteiger partial charge is 0.407 e. The molecule has 1 N–H and O–H groups in total. The van der Waals surface area contributed by atoms with E-state index in [0.29, 0.717) is 40.5 Å². The number of nitriles is 1. The first-order valence-corrected chi connectivity index (χ1v) is 15.6. The largest absolute Gasteiger partial charge is 0.465 e. The number of hydrogen-bond donors (Lipinski definition) is 1. The molecule has 5 aromatic rings. The van der Waals surface area contributed by atoms with Gasteiger partial charge >= 0.3 is 12.1 Å². The summed E-state index contributed by atoms with van der Waals surface area (Å²) in [6, 6.07) is 17.9. The van der Waals surface area contributed by atoms with Crippen LogP contribution < -0.4 is 9.64 Å². The molecule has 46 heavy (non-hydrogen) atoms. The standard InChI is InChI=1S/C34H33ClN6O5/c1-39-18-23(44-2)15-22(39)19-46-33-37-28-16-26(24-7-3-5-20-6-4-8-27(35)29(20)24)25-10-14-45-31(25)30(28)32(38-33)40-12-13-41(34(42)43)21(17-40)9-11-36/h3-8,10,14,16,21-23H,9,12-13,15,17-19H2,1-2H3,(H,42,43)/t21?,22-,23+/m0/s1. The van der Waals surface area contributed by atoms with Crippen molar-refractivity contribution in [3.8, 4) is 23.2 Å². The highest BCUT2D eigenvalue weighted by molar-refractivity contribution is 6.37. The number of anilines is 1. The number of halogens is 1. The summed E-state index contributed by atoms with van der Waals surface area (Å²) < 4.78 is 18.0. The average molecular weight is 641 g/mol. The fourth-order valence-electron chi connectivity index (χ4n) is 6.88. The van der Waals surface area contributed by atoms with E-state index in [1.54, 1.807) is 13.4 Å². The number of amides is 1. The topological polar surface area (TPSA) is 128 Å². The van der Waals surface area contributed by atoms with Crippen molar-refractivity contribution in [2.24, 2.45) is 0 Å². The zero-order valence-electron chi connectivity index (χ0n) is 25.5. The second-order valence-electron chi connectivity index (χ2n) is 11.9. The lowest BCUT2D eigenvalue weighted by molar-refractivity contribution is 0.111. The number of carboxylic acid groups (broad SMARTS) is 1. The number of piperazine rings is 1. The number of likely N-dealkylation sites (N-methyl/N-ethyl adjacent to an activating group) is 1. The Kier molecular flexibility index (Phi) is 8.02. The van der Waals surface area contributed by atoms with Crippen molar-refractivity contribution in [1.82, 2.24) is 19.8 Å². The summed E-state index contributed by atoms with van der Waals surface area (Å²) >= 11 is 6.76. The Labute approximate surface area is 270 Å². The minimum absolute atomic E-state index is 0.0615. The number of aromatic nitrogens is 2. The van der Waals surface area contributed by atoms with Gasteiger partial charge in [-0.05, 0) is 48.2 Å². The van der Waals surface area contributed by atoms with Gasteiger partial charge in [0.2, 0.25) is 0 Å². The fourth-order valence-corrected chi connectivity index (χ4v) is 7.16. The molecule has 0 radical (unpaired) electrons. The Morgan fingerprint density at radius 2 is 1.93 bits per heavy atom. The molecule has 0 saturated carbocycles. The number of rotatable bonds is 7. The van der Waals surface area contributed by atoms with Crippen LogP contribution in [0, 0.1) is 11.3 Å². The predicted molar refractivity (Wildman–Crippen MR) is 176 cm³/mol. The van der Waals surface area contributed by atoms with Crippen molar-refractivity contribution >= 4 is 56.2 Å². The molecule has 0 bridgehead atoms. The number of nitrogens with zero attached hydrogens (tertiary/aromatic N) is 6. The quantitative estimate of drug-likeness (QED) is 0.225. The maximum atomic E-state index is 12.0. The third-order valence-corrected chi connectivity index (χ3v) is 9.56. The highest BCUT2D eigenvalue weighted by atomic mass is 35.5. The lowest BCUT2D eigenvalue weighted by Gasteiger charge is -2.39. The van der Waals surface area contributed by atoms with Gasteiger partial charge in [0.15, 0.2) is 0 Å². The Morgan fingerprint density at radius 1 is 1.11 bits per heavy atom. The number of ether oxygens (including phenoxy) is 2. The monoisotopic (exact) mass is 640 g/mol. The molecule has 7 rings (SSSR count). The second-order valence-corrected chi connectivity index (χ2v) is 12.3. The van der Waals surface area contributed by atoms with E-state index in [0.717, 1.165) is 40.3 Å². The molecule has 4 heterocycles. The highest BCUT2D eigenvalue weighted by Crippen LogP contribution is 2.43. The van der Waals surface area contributed by atoms with Gasteiger partial charge in [-0.1, -0.05) is 41.9 Å². The van der Waals surface area contributed by atoms with Crippen molar-refractivity contribution in [3.05, 3.63) is 59.8 Å². The van der Waals surface area contributed by atoms with E-state index in [4.69, 9.17) is 35.5 Å². The van der Waals surface area contributed by atoms with Gasteiger partial charge in [0.25, 0.3) is 0 Å². The summed E-state index contributed by atoms with van der Waals surface area (Å²) in [7, 11) is 3.77. The van der Waals surface area contributed by atoms with Gasteiger partial charge in [-0.3, -0.25) is 4.90 Å². The molecule has 2 aromatic heterocycles. The summed E-state index contributed by atoms with van der Waals surface area (Å²) in [4.78, 5) is 27.4. The van der Waals surface area contributed by atoms with Crippen molar-refractivity contribution < 1.29 is 23.8 Å². The van der Waals surface area contributed by atoms with Crippen LogP contribution >= 0.6 is 11.6 Å². The van der Waals surface area contributed by atoms with E-state index in [-0.39, 0.29) is 37.7 Å². The molecule has 3 aromatic carbocycles. The van der Waals surface area contributed by atoms with Gasteiger partial charge in [0.1, 0.15) is 18.0 Å².